The zero-order chi connectivity index (χ0) is 14.9. The molecule has 0 saturated heterocycles. The van der Waals surface area contributed by atoms with Gasteiger partial charge in [-0.25, -0.2) is 0 Å². The lowest BCUT2D eigenvalue weighted by molar-refractivity contribution is 0.462. The summed E-state index contributed by atoms with van der Waals surface area (Å²) in [4.78, 5) is 0. The van der Waals surface area contributed by atoms with Crippen molar-refractivity contribution in [3.63, 3.8) is 0 Å². The summed E-state index contributed by atoms with van der Waals surface area (Å²) >= 11 is 0. The molecule has 2 heteroatoms. The minimum Gasteiger partial charge on any atom is -0.364 e. The maximum atomic E-state index is 9.89. The molecule has 21 heavy (non-hydrogen) atoms. The summed E-state index contributed by atoms with van der Waals surface area (Å²) in [5, 5.41) is 13.4. The first-order chi connectivity index (χ1) is 10.1. The van der Waals surface area contributed by atoms with Crippen molar-refractivity contribution in [1.29, 1.82) is 5.26 Å². The smallest absolute Gasteiger partial charge is 0.151 e. The zero-order valence-electron chi connectivity index (χ0n) is 12.6. The summed E-state index contributed by atoms with van der Waals surface area (Å²) in [6.45, 7) is 4.31. The van der Waals surface area contributed by atoms with Gasteiger partial charge in [-0.3, -0.25) is 0 Å². The normalized spacial score (nSPS) is 24.0. The van der Waals surface area contributed by atoms with Crippen LogP contribution >= 0.6 is 0 Å². The number of hydrogen-bond acceptors (Lipinski definition) is 2. The van der Waals surface area contributed by atoms with E-state index < -0.39 is 5.54 Å². The highest BCUT2D eigenvalue weighted by Gasteiger charge is 2.38. The second kappa shape index (κ2) is 5.26. The van der Waals surface area contributed by atoms with Crippen molar-refractivity contribution >= 4 is 5.69 Å². The molecule has 2 unspecified atom stereocenters. The van der Waals surface area contributed by atoms with Crippen molar-refractivity contribution in [2.45, 2.75) is 38.1 Å². The van der Waals surface area contributed by atoms with Crippen LogP contribution in [0.2, 0.25) is 0 Å². The predicted molar refractivity (Wildman–Crippen MR) is 86.2 cm³/mol. The Kier molecular flexibility index (Phi) is 3.43. The van der Waals surface area contributed by atoms with Crippen molar-refractivity contribution in [3.05, 3.63) is 65.2 Å². The number of aryl methyl sites for hydroxylation is 1. The standard InChI is InChI=1S/C19H20N2/c1-14-6-5-7-16(12-14)21-19(13-20)11-10-15(2)17-8-3-4-9-18(17)19/h3-9,12,15,21H,10-11H2,1-2H3. The van der Waals surface area contributed by atoms with Gasteiger partial charge >= 0.3 is 0 Å². The van der Waals surface area contributed by atoms with Crippen LogP contribution < -0.4 is 5.32 Å². The molecule has 0 aliphatic heterocycles. The molecule has 2 aromatic carbocycles. The molecule has 2 nitrogen and oxygen atoms in total. The molecule has 0 heterocycles. The first kappa shape index (κ1) is 13.7. The number of benzene rings is 2. The van der Waals surface area contributed by atoms with Crippen LogP contribution in [0.4, 0.5) is 5.69 Å². The van der Waals surface area contributed by atoms with E-state index in [4.69, 9.17) is 0 Å². The fourth-order valence-electron chi connectivity index (χ4n) is 3.28. The quantitative estimate of drug-likeness (QED) is 0.861. The number of nitriles is 1. The van der Waals surface area contributed by atoms with Crippen molar-refractivity contribution in [2.24, 2.45) is 0 Å². The third-order valence-electron chi connectivity index (χ3n) is 4.47. The van der Waals surface area contributed by atoms with Gasteiger partial charge in [-0.2, -0.15) is 5.26 Å². The highest BCUT2D eigenvalue weighted by molar-refractivity contribution is 5.55. The largest absolute Gasteiger partial charge is 0.364 e. The maximum absolute atomic E-state index is 9.89. The number of anilines is 1. The van der Waals surface area contributed by atoms with Gasteiger partial charge in [0.05, 0.1) is 6.07 Å². The number of fused-ring (bicyclic) bond motifs is 1. The predicted octanol–water partition coefficient (Wildman–Crippen LogP) is 4.72. The second-order valence-corrected chi connectivity index (χ2v) is 6.04. The highest BCUT2D eigenvalue weighted by Crippen LogP contribution is 2.42. The maximum Gasteiger partial charge on any atom is 0.151 e. The van der Waals surface area contributed by atoms with E-state index in [-0.39, 0.29) is 0 Å². The Morgan fingerprint density at radius 2 is 2.00 bits per heavy atom. The molecule has 0 amide bonds. The molecular weight excluding hydrogens is 256 g/mol. The van der Waals surface area contributed by atoms with Crippen LogP contribution in [0.5, 0.6) is 0 Å². The van der Waals surface area contributed by atoms with E-state index in [1.165, 1.54) is 11.1 Å². The molecule has 2 atom stereocenters. The fraction of sp³-hybridized carbons (Fsp3) is 0.316. The summed E-state index contributed by atoms with van der Waals surface area (Å²) in [7, 11) is 0. The molecule has 0 saturated carbocycles. The SMILES string of the molecule is Cc1cccc(NC2(C#N)CCC(C)c3ccccc32)c1. The molecule has 0 bridgehead atoms. The first-order valence-electron chi connectivity index (χ1n) is 7.50. The van der Waals surface area contributed by atoms with E-state index in [1.807, 2.05) is 18.2 Å². The van der Waals surface area contributed by atoms with Crippen LogP contribution in [-0.4, -0.2) is 0 Å². The van der Waals surface area contributed by atoms with Gasteiger partial charge < -0.3 is 5.32 Å². The molecule has 0 spiro atoms. The minimum atomic E-state index is -0.614. The van der Waals surface area contributed by atoms with Crippen molar-refractivity contribution < 1.29 is 0 Å². The van der Waals surface area contributed by atoms with Crippen LogP contribution in [0.3, 0.4) is 0 Å². The van der Waals surface area contributed by atoms with E-state index in [9.17, 15) is 5.26 Å². The number of rotatable bonds is 2. The topological polar surface area (TPSA) is 35.8 Å². The van der Waals surface area contributed by atoms with Crippen molar-refractivity contribution in [1.82, 2.24) is 0 Å². The number of nitrogens with one attached hydrogen (secondary N) is 1. The Balaban J connectivity index is 2.06. The average Bonchev–Trinajstić information content (AvgIpc) is 2.51. The molecule has 0 fully saturated rings. The molecule has 0 radical (unpaired) electrons. The van der Waals surface area contributed by atoms with E-state index in [0.29, 0.717) is 5.92 Å². The average molecular weight is 276 g/mol. The van der Waals surface area contributed by atoms with Crippen LogP contribution in [0.1, 0.15) is 42.4 Å². The summed E-state index contributed by atoms with van der Waals surface area (Å²) in [6, 6.07) is 19.1. The Morgan fingerprint density at radius 3 is 2.76 bits per heavy atom. The second-order valence-electron chi connectivity index (χ2n) is 6.04. The molecule has 2 aromatic rings. The molecule has 1 aliphatic rings. The van der Waals surface area contributed by atoms with Gasteiger partial charge in [-0.1, -0.05) is 43.3 Å². The van der Waals surface area contributed by atoms with Gasteiger partial charge in [0.15, 0.2) is 5.54 Å². The van der Waals surface area contributed by atoms with E-state index in [2.05, 4.69) is 55.6 Å². The van der Waals surface area contributed by atoms with Crippen LogP contribution in [0.25, 0.3) is 0 Å². The summed E-state index contributed by atoms with van der Waals surface area (Å²) in [5.41, 5.74) is 4.03. The van der Waals surface area contributed by atoms with Crippen molar-refractivity contribution in [3.8, 4) is 6.07 Å². The van der Waals surface area contributed by atoms with E-state index in [1.54, 1.807) is 0 Å². The molecule has 0 aromatic heterocycles. The Hall–Kier alpha value is -2.27. The third kappa shape index (κ3) is 2.40. The van der Waals surface area contributed by atoms with Crippen LogP contribution in [-0.2, 0) is 5.54 Å². The lowest BCUT2D eigenvalue weighted by Crippen LogP contribution is -2.38. The van der Waals surface area contributed by atoms with Gasteiger partial charge in [-0.15, -0.1) is 0 Å². The highest BCUT2D eigenvalue weighted by atomic mass is 15.0. The molecule has 3 rings (SSSR count). The van der Waals surface area contributed by atoms with E-state index in [0.717, 1.165) is 24.1 Å². The third-order valence-corrected chi connectivity index (χ3v) is 4.47. The minimum absolute atomic E-state index is 0.516. The molecular formula is C19H20N2. The Bertz CT molecular complexity index is 699. The van der Waals surface area contributed by atoms with Gasteiger partial charge in [-0.05, 0) is 54.5 Å². The Labute approximate surface area is 126 Å². The molecule has 1 N–H and O–H groups in total. The lowest BCUT2D eigenvalue weighted by Gasteiger charge is -2.37. The Morgan fingerprint density at radius 1 is 1.19 bits per heavy atom. The summed E-state index contributed by atoms with van der Waals surface area (Å²) < 4.78 is 0. The van der Waals surface area contributed by atoms with Gasteiger partial charge in [0, 0.05) is 5.69 Å². The number of hydrogen-bond donors (Lipinski definition) is 1. The number of nitrogens with zero attached hydrogens (tertiary/aromatic N) is 1. The lowest BCUT2D eigenvalue weighted by atomic mass is 9.73. The molecule has 106 valence electrons. The zero-order valence-corrected chi connectivity index (χ0v) is 12.6. The summed E-state index contributed by atoms with van der Waals surface area (Å²) in [5.74, 6) is 0.516. The fourth-order valence-corrected chi connectivity index (χ4v) is 3.28. The first-order valence-corrected chi connectivity index (χ1v) is 7.50. The van der Waals surface area contributed by atoms with Gasteiger partial charge in [0.25, 0.3) is 0 Å². The van der Waals surface area contributed by atoms with E-state index >= 15 is 0 Å². The van der Waals surface area contributed by atoms with Gasteiger partial charge in [0.1, 0.15) is 0 Å². The van der Waals surface area contributed by atoms with Gasteiger partial charge in [0.2, 0.25) is 0 Å². The molecule has 1 aliphatic carbocycles. The van der Waals surface area contributed by atoms with Crippen LogP contribution in [0.15, 0.2) is 48.5 Å². The van der Waals surface area contributed by atoms with Crippen molar-refractivity contribution in [2.75, 3.05) is 5.32 Å². The van der Waals surface area contributed by atoms with Crippen LogP contribution in [0, 0.1) is 18.3 Å². The summed E-state index contributed by atoms with van der Waals surface area (Å²) in [6.07, 6.45) is 1.87. The monoisotopic (exact) mass is 276 g/mol.